The van der Waals surface area contributed by atoms with E-state index in [4.69, 9.17) is 10.5 Å². The van der Waals surface area contributed by atoms with Crippen LogP contribution in [0, 0.1) is 6.92 Å². The molecule has 0 radical (unpaired) electrons. The van der Waals surface area contributed by atoms with E-state index in [9.17, 15) is 0 Å². The molecule has 0 saturated heterocycles. The van der Waals surface area contributed by atoms with Crippen LogP contribution in [0.3, 0.4) is 0 Å². The zero-order chi connectivity index (χ0) is 11.6. The van der Waals surface area contributed by atoms with E-state index in [1.165, 1.54) is 31.2 Å². The Balaban J connectivity index is 2.36. The molecule has 2 rings (SSSR count). The van der Waals surface area contributed by atoms with Gasteiger partial charge < -0.3 is 10.5 Å². The summed E-state index contributed by atoms with van der Waals surface area (Å²) < 4.78 is 5.19. The first-order chi connectivity index (χ1) is 7.72. The maximum atomic E-state index is 5.96. The SMILES string of the molecule is COc1ncc(C2(CN)CCCC2)cc1C. The number of pyridine rings is 1. The molecule has 3 nitrogen and oxygen atoms in total. The molecule has 0 spiro atoms. The first-order valence-corrected chi connectivity index (χ1v) is 5.93. The van der Waals surface area contributed by atoms with E-state index in [1.807, 2.05) is 13.1 Å². The third kappa shape index (κ3) is 1.80. The summed E-state index contributed by atoms with van der Waals surface area (Å²) in [6.45, 7) is 2.76. The molecule has 88 valence electrons. The summed E-state index contributed by atoms with van der Waals surface area (Å²) in [5, 5.41) is 0. The number of rotatable bonds is 3. The lowest BCUT2D eigenvalue weighted by molar-refractivity contribution is 0.391. The lowest BCUT2D eigenvalue weighted by atomic mass is 9.79. The topological polar surface area (TPSA) is 48.1 Å². The lowest BCUT2D eigenvalue weighted by Crippen LogP contribution is -2.32. The molecular formula is C13H20N2O. The van der Waals surface area contributed by atoms with Crippen molar-refractivity contribution in [3.05, 3.63) is 23.4 Å². The second-order valence-electron chi connectivity index (χ2n) is 4.74. The van der Waals surface area contributed by atoms with Crippen molar-refractivity contribution in [2.45, 2.75) is 38.0 Å². The minimum absolute atomic E-state index is 0.171. The molecule has 0 aliphatic heterocycles. The van der Waals surface area contributed by atoms with Crippen LogP contribution < -0.4 is 10.5 Å². The van der Waals surface area contributed by atoms with Crippen LogP contribution in [0.15, 0.2) is 12.3 Å². The molecule has 3 heteroatoms. The van der Waals surface area contributed by atoms with Gasteiger partial charge in [0.15, 0.2) is 0 Å². The van der Waals surface area contributed by atoms with Gasteiger partial charge in [-0.25, -0.2) is 4.98 Å². The highest BCUT2D eigenvalue weighted by Crippen LogP contribution is 2.40. The van der Waals surface area contributed by atoms with Crippen LogP contribution in [0.2, 0.25) is 0 Å². The van der Waals surface area contributed by atoms with E-state index in [0.29, 0.717) is 5.88 Å². The van der Waals surface area contributed by atoms with Crippen LogP contribution in [0.25, 0.3) is 0 Å². The summed E-state index contributed by atoms with van der Waals surface area (Å²) in [4.78, 5) is 4.36. The van der Waals surface area contributed by atoms with Crippen LogP contribution in [0.1, 0.15) is 36.8 Å². The van der Waals surface area contributed by atoms with Crippen LogP contribution in [0.4, 0.5) is 0 Å². The summed E-state index contributed by atoms with van der Waals surface area (Å²) >= 11 is 0. The molecule has 1 aliphatic carbocycles. The number of hydrogen-bond acceptors (Lipinski definition) is 3. The molecular weight excluding hydrogens is 200 g/mol. The number of nitrogens with zero attached hydrogens (tertiary/aromatic N) is 1. The molecule has 1 fully saturated rings. The Labute approximate surface area is 97.0 Å². The maximum absolute atomic E-state index is 5.96. The van der Waals surface area contributed by atoms with Crippen molar-refractivity contribution in [3.63, 3.8) is 0 Å². The molecule has 1 heterocycles. The van der Waals surface area contributed by atoms with E-state index in [1.54, 1.807) is 7.11 Å². The summed E-state index contributed by atoms with van der Waals surface area (Å²) in [5.74, 6) is 0.717. The maximum Gasteiger partial charge on any atom is 0.215 e. The minimum Gasteiger partial charge on any atom is -0.481 e. The van der Waals surface area contributed by atoms with Gasteiger partial charge in [0.05, 0.1) is 7.11 Å². The highest BCUT2D eigenvalue weighted by atomic mass is 16.5. The highest BCUT2D eigenvalue weighted by molar-refractivity contribution is 5.34. The fourth-order valence-electron chi connectivity index (χ4n) is 2.73. The molecule has 1 aromatic heterocycles. The first-order valence-electron chi connectivity index (χ1n) is 5.93. The quantitative estimate of drug-likeness (QED) is 0.849. The Bertz CT molecular complexity index is 370. The summed E-state index contributed by atoms with van der Waals surface area (Å²) in [6, 6.07) is 2.18. The smallest absolute Gasteiger partial charge is 0.215 e. The standard InChI is InChI=1S/C13H20N2O/c1-10-7-11(8-15-12(10)16-2)13(9-14)5-3-4-6-13/h7-8H,3-6,9,14H2,1-2H3. The van der Waals surface area contributed by atoms with Crippen molar-refractivity contribution < 1.29 is 4.74 Å². The molecule has 0 unspecified atom stereocenters. The van der Waals surface area contributed by atoms with Crippen molar-refractivity contribution in [1.82, 2.24) is 4.98 Å². The van der Waals surface area contributed by atoms with Gasteiger partial charge in [-0.2, -0.15) is 0 Å². The molecule has 0 bridgehead atoms. The Morgan fingerprint density at radius 2 is 2.12 bits per heavy atom. The number of ether oxygens (including phenoxy) is 1. The first kappa shape index (κ1) is 11.4. The highest BCUT2D eigenvalue weighted by Gasteiger charge is 2.34. The summed E-state index contributed by atoms with van der Waals surface area (Å²) in [6.07, 6.45) is 6.88. The van der Waals surface area contributed by atoms with Gasteiger partial charge in [-0.3, -0.25) is 0 Å². The van der Waals surface area contributed by atoms with Gasteiger partial charge in [0.2, 0.25) is 5.88 Å². The van der Waals surface area contributed by atoms with Crippen molar-refractivity contribution in [3.8, 4) is 5.88 Å². The van der Waals surface area contributed by atoms with Gasteiger partial charge in [0, 0.05) is 23.7 Å². The van der Waals surface area contributed by atoms with Crippen LogP contribution in [-0.2, 0) is 5.41 Å². The fraction of sp³-hybridized carbons (Fsp3) is 0.615. The Morgan fingerprint density at radius 3 is 2.62 bits per heavy atom. The van der Waals surface area contributed by atoms with Crippen LogP contribution in [0.5, 0.6) is 5.88 Å². The second-order valence-corrected chi connectivity index (χ2v) is 4.74. The Kier molecular flexibility index (Phi) is 3.15. The third-order valence-electron chi connectivity index (χ3n) is 3.79. The monoisotopic (exact) mass is 220 g/mol. The molecule has 0 amide bonds. The van der Waals surface area contributed by atoms with Crippen molar-refractivity contribution in [1.29, 1.82) is 0 Å². The normalized spacial score (nSPS) is 18.7. The van der Waals surface area contributed by atoms with Crippen molar-refractivity contribution in [2.24, 2.45) is 5.73 Å². The zero-order valence-electron chi connectivity index (χ0n) is 10.1. The molecule has 1 aliphatic rings. The molecule has 16 heavy (non-hydrogen) atoms. The average Bonchev–Trinajstić information content (AvgIpc) is 2.78. The number of methoxy groups -OCH3 is 1. The number of aromatic nitrogens is 1. The lowest BCUT2D eigenvalue weighted by Gasteiger charge is -2.27. The Hall–Kier alpha value is -1.09. The minimum atomic E-state index is 0.171. The van der Waals surface area contributed by atoms with Crippen LogP contribution in [-0.4, -0.2) is 18.6 Å². The predicted molar refractivity (Wildman–Crippen MR) is 64.7 cm³/mol. The van der Waals surface area contributed by atoms with E-state index < -0.39 is 0 Å². The van der Waals surface area contributed by atoms with Gasteiger partial charge in [-0.05, 0) is 31.4 Å². The molecule has 1 saturated carbocycles. The summed E-state index contributed by atoms with van der Waals surface area (Å²) in [5.41, 5.74) is 8.51. The van der Waals surface area contributed by atoms with Gasteiger partial charge in [-0.15, -0.1) is 0 Å². The van der Waals surface area contributed by atoms with Crippen LogP contribution >= 0.6 is 0 Å². The average molecular weight is 220 g/mol. The van der Waals surface area contributed by atoms with E-state index in [0.717, 1.165) is 12.1 Å². The van der Waals surface area contributed by atoms with E-state index in [2.05, 4.69) is 11.1 Å². The predicted octanol–water partition coefficient (Wildman–Crippen LogP) is 2.17. The fourth-order valence-corrected chi connectivity index (χ4v) is 2.73. The number of hydrogen-bond donors (Lipinski definition) is 1. The van der Waals surface area contributed by atoms with Crippen molar-refractivity contribution >= 4 is 0 Å². The second kappa shape index (κ2) is 4.42. The van der Waals surface area contributed by atoms with Gasteiger partial charge >= 0.3 is 0 Å². The summed E-state index contributed by atoms with van der Waals surface area (Å²) in [7, 11) is 1.66. The molecule has 0 atom stereocenters. The third-order valence-corrected chi connectivity index (χ3v) is 3.79. The van der Waals surface area contributed by atoms with Gasteiger partial charge in [-0.1, -0.05) is 12.8 Å². The molecule has 0 aromatic carbocycles. The van der Waals surface area contributed by atoms with E-state index in [-0.39, 0.29) is 5.41 Å². The number of aryl methyl sites for hydroxylation is 1. The van der Waals surface area contributed by atoms with Gasteiger partial charge in [0.1, 0.15) is 0 Å². The zero-order valence-corrected chi connectivity index (χ0v) is 10.1. The molecule has 2 N–H and O–H groups in total. The Morgan fingerprint density at radius 1 is 1.44 bits per heavy atom. The largest absolute Gasteiger partial charge is 0.481 e. The van der Waals surface area contributed by atoms with Gasteiger partial charge in [0.25, 0.3) is 0 Å². The molecule has 1 aromatic rings. The van der Waals surface area contributed by atoms with E-state index >= 15 is 0 Å². The number of nitrogens with two attached hydrogens (primary N) is 1. The van der Waals surface area contributed by atoms with Crippen molar-refractivity contribution in [2.75, 3.05) is 13.7 Å².